The molecule has 78 valence electrons. The van der Waals surface area contributed by atoms with Crippen molar-refractivity contribution in [2.24, 2.45) is 5.41 Å². The van der Waals surface area contributed by atoms with E-state index in [0.717, 1.165) is 25.7 Å². The summed E-state index contributed by atoms with van der Waals surface area (Å²) in [6.45, 7) is 2.29. The first-order valence-electron chi connectivity index (χ1n) is 5.00. The van der Waals surface area contributed by atoms with Gasteiger partial charge in [-0.25, -0.2) is 0 Å². The van der Waals surface area contributed by atoms with E-state index >= 15 is 0 Å². The van der Waals surface area contributed by atoms with Gasteiger partial charge in [-0.05, 0) is 59.2 Å². The molecule has 0 aliphatic heterocycles. The predicted octanol–water partition coefficient (Wildman–Crippen LogP) is 3.60. The van der Waals surface area contributed by atoms with Crippen LogP contribution in [0.3, 0.4) is 0 Å². The number of thiophene rings is 1. The molecule has 0 spiro atoms. The van der Waals surface area contributed by atoms with Gasteiger partial charge in [0.15, 0.2) is 0 Å². The molecule has 1 aromatic rings. The summed E-state index contributed by atoms with van der Waals surface area (Å²) in [7, 11) is 0. The van der Waals surface area contributed by atoms with Crippen molar-refractivity contribution >= 4 is 27.3 Å². The molecule has 1 nitrogen and oxygen atoms in total. The van der Waals surface area contributed by atoms with Gasteiger partial charge in [-0.2, -0.15) is 0 Å². The Bertz CT molecular complexity index is 323. The van der Waals surface area contributed by atoms with Gasteiger partial charge < -0.3 is 5.11 Å². The zero-order valence-corrected chi connectivity index (χ0v) is 10.7. The van der Waals surface area contributed by atoms with Gasteiger partial charge in [-0.3, -0.25) is 0 Å². The molecule has 0 saturated heterocycles. The van der Waals surface area contributed by atoms with Crippen LogP contribution < -0.4 is 0 Å². The minimum absolute atomic E-state index is 0.0663. The Morgan fingerprint density at radius 3 is 2.93 bits per heavy atom. The maximum atomic E-state index is 9.54. The second-order valence-corrected chi connectivity index (χ2v) is 7.14. The molecule has 1 N–H and O–H groups in total. The van der Waals surface area contributed by atoms with Crippen molar-refractivity contribution in [2.75, 3.05) is 0 Å². The van der Waals surface area contributed by atoms with Crippen LogP contribution >= 0.6 is 27.3 Å². The van der Waals surface area contributed by atoms with E-state index in [1.54, 1.807) is 0 Å². The van der Waals surface area contributed by atoms with Crippen molar-refractivity contribution in [1.82, 2.24) is 0 Å². The molecule has 0 aromatic carbocycles. The largest absolute Gasteiger partial charge is 0.393 e. The van der Waals surface area contributed by atoms with E-state index in [-0.39, 0.29) is 6.10 Å². The molecule has 1 fully saturated rings. The number of rotatable bonds is 2. The minimum Gasteiger partial charge on any atom is -0.393 e. The first-order valence-corrected chi connectivity index (χ1v) is 6.61. The third kappa shape index (κ3) is 2.38. The number of aliphatic hydroxyl groups excluding tert-OH is 1. The first-order chi connectivity index (χ1) is 6.57. The summed E-state index contributed by atoms with van der Waals surface area (Å²) in [5, 5.41) is 9.54. The highest BCUT2D eigenvalue weighted by Gasteiger charge is 2.34. The van der Waals surface area contributed by atoms with Crippen molar-refractivity contribution in [3.63, 3.8) is 0 Å². The van der Waals surface area contributed by atoms with Gasteiger partial charge in [0.05, 0.1) is 9.89 Å². The predicted molar refractivity (Wildman–Crippen MR) is 63.7 cm³/mol. The molecule has 1 aliphatic carbocycles. The molecule has 1 saturated carbocycles. The van der Waals surface area contributed by atoms with Crippen LogP contribution in [0.15, 0.2) is 15.9 Å². The molecule has 14 heavy (non-hydrogen) atoms. The van der Waals surface area contributed by atoms with Gasteiger partial charge in [0.2, 0.25) is 0 Å². The highest BCUT2D eigenvalue weighted by molar-refractivity contribution is 9.11. The van der Waals surface area contributed by atoms with E-state index in [4.69, 9.17) is 0 Å². The number of hydrogen-bond donors (Lipinski definition) is 1. The summed E-state index contributed by atoms with van der Waals surface area (Å²) in [5.41, 5.74) is 0.323. The summed E-state index contributed by atoms with van der Waals surface area (Å²) >= 11 is 5.29. The van der Waals surface area contributed by atoms with Crippen LogP contribution in [0, 0.1) is 5.41 Å². The van der Waals surface area contributed by atoms with Gasteiger partial charge in [0, 0.05) is 4.88 Å². The lowest BCUT2D eigenvalue weighted by Gasteiger charge is -2.22. The Hall–Kier alpha value is 0.140. The molecule has 2 unspecified atom stereocenters. The first kappa shape index (κ1) is 10.7. The molecule has 1 aromatic heterocycles. The van der Waals surface area contributed by atoms with E-state index < -0.39 is 0 Å². The van der Waals surface area contributed by atoms with Crippen LogP contribution in [0.25, 0.3) is 0 Å². The summed E-state index contributed by atoms with van der Waals surface area (Å²) < 4.78 is 1.20. The van der Waals surface area contributed by atoms with Crippen LogP contribution in [0.2, 0.25) is 0 Å². The molecule has 1 aliphatic rings. The summed E-state index contributed by atoms with van der Waals surface area (Å²) in [6.07, 6.45) is 4.14. The van der Waals surface area contributed by atoms with Crippen molar-refractivity contribution in [3.05, 3.63) is 20.8 Å². The van der Waals surface area contributed by atoms with E-state index in [0.29, 0.717) is 5.41 Å². The maximum Gasteiger partial charge on any atom is 0.0701 e. The molecule has 0 amide bonds. The van der Waals surface area contributed by atoms with Crippen LogP contribution in [0.1, 0.15) is 31.1 Å². The van der Waals surface area contributed by atoms with E-state index in [9.17, 15) is 5.11 Å². The lowest BCUT2D eigenvalue weighted by molar-refractivity contribution is 0.164. The van der Waals surface area contributed by atoms with E-state index in [2.05, 4.69) is 35.0 Å². The topological polar surface area (TPSA) is 20.2 Å². The molecule has 1 heterocycles. The molecular formula is C11H15BrOS. The van der Waals surface area contributed by atoms with Gasteiger partial charge in [-0.1, -0.05) is 6.92 Å². The van der Waals surface area contributed by atoms with E-state index in [1.165, 1.54) is 8.66 Å². The standard InChI is InChI=1S/C11H15BrOS/c1-11(5-4-8(13)6-11)7-9-2-3-10(12)14-9/h2-3,8,13H,4-7H2,1H3. The summed E-state index contributed by atoms with van der Waals surface area (Å²) in [6, 6.07) is 4.29. The van der Waals surface area contributed by atoms with Crippen LogP contribution in [0.5, 0.6) is 0 Å². The Morgan fingerprint density at radius 2 is 2.43 bits per heavy atom. The maximum absolute atomic E-state index is 9.54. The Balaban J connectivity index is 2.03. The average Bonchev–Trinajstić information content (AvgIpc) is 2.60. The van der Waals surface area contributed by atoms with Gasteiger partial charge in [0.1, 0.15) is 0 Å². The highest BCUT2D eigenvalue weighted by atomic mass is 79.9. The van der Waals surface area contributed by atoms with Gasteiger partial charge in [-0.15, -0.1) is 11.3 Å². The van der Waals surface area contributed by atoms with Crippen LogP contribution in [-0.4, -0.2) is 11.2 Å². The second kappa shape index (κ2) is 3.95. The monoisotopic (exact) mass is 274 g/mol. The van der Waals surface area contributed by atoms with E-state index in [1.807, 2.05) is 11.3 Å². The molecule has 2 atom stereocenters. The smallest absolute Gasteiger partial charge is 0.0701 e. The fraction of sp³-hybridized carbons (Fsp3) is 0.636. The molecular weight excluding hydrogens is 260 g/mol. The number of hydrogen-bond acceptors (Lipinski definition) is 2. The zero-order chi connectivity index (χ0) is 10.2. The van der Waals surface area contributed by atoms with Crippen molar-refractivity contribution < 1.29 is 5.11 Å². The summed E-state index contributed by atoms with van der Waals surface area (Å²) in [5.74, 6) is 0. The Kier molecular flexibility index (Phi) is 3.01. The molecule has 2 rings (SSSR count). The molecule has 0 bridgehead atoms. The van der Waals surface area contributed by atoms with Crippen molar-refractivity contribution in [2.45, 2.75) is 38.7 Å². The van der Waals surface area contributed by atoms with Crippen LogP contribution in [-0.2, 0) is 6.42 Å². The van der Waals surface area contributed by atoms with Crippen LogP contribution in [0.4, 0.5) is 0 Å². The number of aliphatic hydroxyl groups is 1. The Labute approximate surface area is 97.3 Å². The quantitative estimate of drug-likeness (QED) is 0.874. The normalized spacial score (nSPS) is 32.4. The fourth-order valence-corrected chi connectivity index (χ4v) is 4.02. The lowest BCUT2D eigenvalue weighted by Crippen LogP contribution is -2.15. The van der Waals surface area contributed by atoms with Gasteiger partial charge in [0.25, 0.3) is 0 Å². The van der Waals surface area contributed by atoms with Crippen molar-refractivity contribution in [1.29, 1.82) is 0 Å². The lowest BCUT2D eigenvalue weighted by atomic mass is 9.84. The average molecular weight is 275 g/mol. The second-order valence-electron chi connectivity index (χ2n) is 4.59. The van der Waals surface area contributed by atoms with Crippen molar-refractivity contribution in [3.8, 4) is 0 Å². The Morgan fingerprint density at radius 1 is 1.64 bits per heavy atom. The summed E-state index contributed by atoms with van der Waals surface area (Å²) in [4.78, 5) is 1.42. The molecule has 3 heteroatoms. The fourth-order valence-electron chi connectivity index (χ4n) is 2.32. The molecule has 0 radical (unpaired) electrons. The minimum atomic E-state index is -0.0663. The zero-order valence-electron chi connectivity index (χ0n) is 8.29. The SMILES string of the molecule is CC1(Cc2ccc(Br)s2)CCC(O)C1. The highest BCUT2D eigenvalue weighted by Crippen LogP contribution is 2.41. The van der Waals surface area contributed by atoms with Gasteiger partial charge >= 0.3 is 0 Å². The third-order valence-corrected chi connectivity index (χ3v) is 4.66. The third-order valence-electron chi connectivity index (χ3n) is 3.04. The number of halogens is 1.